The van der Waals surface area contributed by atoms with Gasteiger partial charge in [-0.25, -0.2) is 9.78 Å². The maximum atomic E-state index is 11.0. The van der Waals surface area contributed by atoms with E-state index in [1.165, 1.54) is 6.08 Å². The molecule has 0 amide bonds. The normalized spacial score (nSPS) is 11.2. The zero-order valence-corrected chi connectivity index (χ0v) is 15.1. The quantitative estimate of drug-likeness (QED) is 0.655. The van der Waals surface area contributed by atoms with E-state index in [0.717, 1.165) is 16.1 Å². The highest BCUT2D eigenvalue weighted by atomic mass is 79.9. The van der Waals surface area contributed by atoms with Crippen LogP contribution in [0.15, 0.2) is 47.1 Å². The van der Waals surface area contributed by atoms with E-state index in [2.05, 4.69) is 20.9 Å². The van der Waals surface area contributed by atoms with Gasteiger partial charge in [0.25, 0.3) is 0 Å². The maximum Gasteiger partial charge on any atom is 0.328 e. The lowest BCUT2D eigenvalue weighted by Crippen LogP contribution is -1.93. The molecule has 6 nitrogen and oxygen atoms in total. The predicted octanol–water partition coefficient (Wildman–Crippen LogP) is 3.88. The van der Waals surface area contributed by atoms with Gasteiger partial charge in [0.15, 0.2) is 11.5 Å². The fraction of sp³-hybridized carbons (Fsp3) is 0.111. The second-order valence-electron chi connectivity index (χ2n) is 5.16. The Morgan fingerprint density at radius 3 is 2.64 bits per heavy atom. The second kappa shape index (κ2) is 6.98. The van der Waals surface area contributed by atoms with Gasteiger partial charge in [-0.1, -0.05) is 0 Å². The number of nitrogens with zero attached hydrogens (tertiary/aromatic N) is 2. The van der Waals surface area contributed by atoms with Crippen LogP contribution in [0.5, 0.6) is 11.5 Å². The molecule has 7 heteroatoms. The summed E-state index contributed by atoms with van der Waals surface area (Å²) in [6, 6.07) is 9.20. The Morgan fingerprint density at radius 2 is 1.96 bits per heavy atom. The summed E-state index contributed by atoms with van der Waals surface area (Å²) >= 11 is 3.43. The molecule has 0 saturated carbocycles. The van der Waals surface area contributed by atoms with Crippen molar-refractivity contribution in [2.75, 3.05) is 14.2 Å². The van der Waals surface area contributed by atoms with Crippen molar-refractivity contribution in [2.45, 2.75) is 0 Å². The Labute approximate surface area is 152 Å². The lowest BCUT2D eigenvalue weighted by Gasteiger charge is -2.09. The average molecular weight is 403 g/mol. The fourth-order valence-electron chi connectivity index (χ4n) is 2.54. The predicted molar refractivity (Wildman–Crippen MR) is 98.1 cm³/mol. The number of carboxylic acid groups (broad SMARTS) is 1. The van der Waals surface area contributed by atoms with Crippen LogP contribution in [0.4, 0.5) is 0 Å². The van der Waals surface area contributed by atoms with Crippen LogP contribution in [0, 0.1) is 0 Å². The van der Waals surface area contributed by atoms with E-state index in [4.69, 9.17) is 14.6 Å². The number of pyridine rings is 1. The molecule has 0 aliphatic carbocycles. The molecule has 128 valence electrons. The van der Waals surface area contributed by atoms with E-state index >= 15 is 0 Å². The molecule has 2 aromatic heterocycles. The first-order valence-corrected chi connectivity index (χ1v) is 8.14. The first-order chi connectivity index (χ1) is 12.0. The number of fused-ring (bicyclic) bond motifs is 1. The number of aromatic nitrogens is 2. The number of halogens is 1. The minimum atomic E-state index is -1.02. The number of imidazole rings is 1. The SMILES string of the molecule is COc1ccc(-c2nc3ccc(Br)cn3c2/C=C\C(=O)O)cc1OC. The van der Waals surface area contributed by atoms with E-state index in [9.17, 15) is 4.79 Å². The molecular formula is C18H15BrN2O4. The number of carboxylic acids is 1. The molecule has 2 heterocycles. The van der Waals surface area contributed by atoms with Gasteiger partial charge < -0.3 is 14.6 Å². The molecule has 0 bridgehead atoms. The molecular weight excluding hydrogens is 388 g/mol. The van der Waals surface area contributed by atoms with Crippen LogP contribution in [0.2, 0.25) is 0 Å². The summed E-state index contributed by atoms with van der Waals surface area (Å²) in [5.74, 6) is 0.162. The van der Waals surface area contributed by atoms with Gasteiger partial charge in [0.1, 0.15) is 5.65 Å². The van der Waals surface area contributed by atoms with Crippen LogP contribution >= 0.6 is 15.9 Å². The summed E-state index contributed by atoms with van der Waals surface area (Å²) in [5, 5.41) is 8.99. The summed E-state index contributed by atoms with van der Waals surface area (Å²) in [5.41, 5.74) is 2.81. The van der Waals surface area contributed by atoms with Gasteiger partial charge in [0.2, 0.25) is 0 Å². The molecule has 0 radical (unpaired) electrons. The number of ether oxygens (including phenoxy) is 2. The van der Waals surface area contributed by atoms with Crippen molar-refractivity contribution in [3.63, 3.8) is 0 Å². The van der Waals surface area contributed by atoms with Gasteiger partial charge in [-0.15, -0.1) is 0 Å². The first kappa shape index (κ1) is 17.0. The van der Waals surface area contributed by atoms with Gasteiger partial charge in [-0.3, -0.25) is 4.40 Å². The third-order valence-corrected chi connectivity index (χ3v) is 4.13. The Hall–Kier alpha value is -2.80. The van der Waals surface area contributed by atoms with Crippen LogP contribution in [0.1, 0.15) is 5.69 Å². The number of rotatable bonds is 5. The monoisotopic (exact) mass is 402 g/mol. The summed E-state index contributed by atoms with van der Waals surface area (Å²) in [4.78, 5) is 15.6. The van der Waals surface area contributed by atoms with E-state index in [1.54, 1.807) is 20.3 Å². The lowest BCUT2D eigenvalue weighted by molar-refractivity contribution is -0.131. The van der Waals surface area contributed by atoms with Gasteiger partial charge in [0.05, 0.1) is 25.6 Å². The zero-order chi connectivity index (χ0) is 18.0. The van der Waals surface area contributed by atoms with Crippen molar-refractivity contribution in [2.24, 2.45) is 0 Å². The third-order valence-electron chi connectivity index (χ3n) is 3.66. The summed E-state index contributed by atoms with van der Waals surface area (Å²) in [6.45, 7) is 0. The number of hydrogen-bond donors (Lipinski definition) is 1. The van der Waals surface area contributed by atoms with Crippen molar-refractivity contribution in [3.05, 3.63) is 52.8 Å². The van der Waals surface area contributed by atoms with E-state index < -0.39 is 5.97 Å². The Bertz CT molecular complexity index is 979. The van der Waals surface area contributed by atoms with Gasteiger partial charge in [-0.2, -0.15) is 0 Å². The van der Waals surface area contributed by atoms with Crippen molar-refractivity contribution in [1.82, 2.24) is 9.38 Å². The molecule has 0 saturated heterocycles. The van der Waals surface area contributed by atoms with E-state index in [1.807, 2.05) is 34.9 Å². The first-order valence-electron chi connectivity index (χ1n) is 7.34. The molecule has 1 N–H and O–H groups in total. The molecule has 25 heavy (non-hydrogen) atoms. The highest BCUT2D eigenvalue weighted by molar-refractivity contribution is 9.10. The number of hydrogen-bond acceptors (Lipinski definition) is 4. The molecule has 3 rings (SSSR count). The highest BCUT2D eigenvalue weighted by Gasteiger charge is 2.15. The summed E-state index contributed by atoms with van der Waals surface area (Å²) in [7, 11) is 3.13. The second-order valence-corrected chi connectivity index (χ2v) is 6.08. The van der Waals surface area contributed by atoms with Gasteiger partial charge in [0, 0.05) is 22.3 Å². The summed E-state index contributed by atoms with van der Waals surface area (Å²) in [6.07, 6.45) is 4.46. The third kappa shape index (κ3) is 3.36. The molecule has 0 unspecified atom stereocenters. The van der Waals surface area contributed by atoms with Crippen molar-refractivity contribution >= 4 is 33.6 Å². The summed E-state index contributed by atoms with van der Waals surface area (Å²) < 4.78 is 13.3. The van der Waals surface area contributed by atoms with Crippen molar-refractivity contribution < 1.29 is 19.4 Å². The number of aliphatic carboxylic acids is 1. The lowest BCUT2D eigenvalue weighted by atomic mass is 10.1. The highest BCUT2D eigenvalue weighted by Crippen LogP contribution is 2.34. The van der Waals surface area contributed by atoms with Crippen molar-refractivity contribution in [1.29, 1.82) is 0 Å². The minimum Gasteiger partial charge on any atom is -0.493 e. The van der Waals surface area contributed by atoms with Crippen LogP contribution < -0.4 is 9.47 Å². The molecule has 0 fully saturated rings. The molecule has 0 spiro atoms. The fourth-order valence-corrected chi connectivity index (χ4v) is 2.88. The maximum absolute atomic E-state index is 11.0. The molecule has 3 aromatic rings. The topological polar surface area (TPSA) is 73.1 Å². The Morgan fingerprint density at radius 1 is 1.20 bits per heavy atom. The molecule has 1 aromatic carbocycles. The van der Waals surface area contributed by atoms with Gasteiger partial charge in [-0.05, 0) is 52.3 Å². The van der Waals surface area contributed by atoms with Crippen LogP contribution in [0.3, 0.4) is 0 Å². The number of methoxy groups -OCH3 is 2. The van der Waals surface area contributed by atoms with Crippen LogP contribution in [-0.2, 0) is 4.79 Å². The largest absolute Gasteiger partial charge is 0.493 e. The average Bonchev–Trinajstić information content (AvgIpc) is 2.96. The Balaban J connectivity index is 2.24. The smallest absolute Gasteiger partial charge is 0.328 e. The molecule has 0 atom stereocenters. The van der Waals surface area contributed by atoms with Crippen LogP contribution in [-0.4, -0.2) is 34.7 Å². The molecule has 0 aliphatic rings. The minimum absolute atomic E-state index is 0.575. The van der Waals surface area contributed by atoms with E-state index in [-0.39, 0.29) is 0 Å². The van der Waals surface area contributed by atoms with Gasteiger partial charge >= 0.3 is 5.97 Å². The number of carbonyl (C=O) groups is 1. The zero-order valence-electron chi connectivity index (χ0n) is 13.6. The van der Waals surface area contributed by atoms with Crippen LogP contribution in [0.25, 0.3) is 23.0 Å². The Kier molecular flexibility index (Phi) is 4.76. The van der Waals surface area contributed by atoms with Crippen molar-refractivity contribution in [3.8, 4) is 22.8 Å². The number of benzene rings is 1. The standard InChI is InChI=1S/C18H15BrN2O4/c1-24-14-6-3-11(9-15(14)25-2)18-13(5-8-17(22)23)21-10-12(19)4-7-16(21)20-18/h3-10H,1-2H3,(H,22,23)/b8-5-. The van der Waals surface area contributed by atoms with E-state index in [0.29, 0.717) is 28.5 Å². The molecule has 0 aliphatic heterocycles.